The maximum atomic E-state index is 11.8. The Labute approximate surface area is 149 Å². The van der Waals surface area contributed by atoms with Crippen molar-refractivity contribution < 1.29 is 14.7 Å². The fraction of sp³-hybridized carbons (Fsp3) is 0.176. The third-order valence-corrected chi connectivity index (χ3v) is 4.10. The summed E-state index contributed by atoms with van der Waals surface area (Å²) in [6.45, 7) is 3.42. The summed E-state index contributed by atoms with van der Waals surface area (Å²) in [4.78, 5) is 27.5. The van der Waals surface area contributed by atoms with Crippen molar-refractivity contribution in [2.45, 2.75) is 13.8 Å². The number of rotatable bonds is 5. The molecule has 2 amide bonds. The van der Waals surface area contributed by atoms with Gasteiger partial charge >= 0.3 is 0 Å². The summed E-state index contributed by atoms with van der Waals surface area (Å²) >= 11 is 0. The maximum absolute atomic E-state index is 11.8. The second kappa shape index (κ2) is 6.71. The van der Waals surface area contributed by atoms with Crippen LogP contribution in [0.4, 0.5) is 11.5 Å². The SMILES string of the molecule is CNc1nc(C(N)=O)c(N)c(-c2c(C)ccc(O)c2C)c1C(=N)C(N)=O. The summed E-state index contributed by atoms with van der Waals surface area (Å²) in [6.07, 6.45) is 0. The summed E-state index contributed by atoms with van der Waals surface area (Å²) in [5, 5.41) is 20.9. The Hall–Kier alpha value is -3.62. The maximum Gasteiger partial charge on any atom is 0.269 e. The summed E-state index contributed by atoms with van der Waals surface area (Å²) in [5.74, 6) is -1.82. The van der Waals surface area contributed by atoms with E-state index in [2.05, 4.69) is 10.3 Å². The summed E-state index contributed by atoms with van der Waals surface area (Å²) in [5.41, 5.74) is 17.8. The van der Waals surface area contributed by atoms with Crippen LogP contribution in [-0.2, 0) is 4.79 Å². The van der Waals surface area contributed by atoms with Gasteiger partial charge in [-0.1, -0.05) is 6.07 Å². The van der Waals surface area contributed by atoms with Crippen molar-refractivity contribution in [2.75, 3.05) is 18.1 Å². The van der Waals surface area contributed by atoms with Crippen LogP contribution in [-0.4, -0.2) is 34.7 Å². The number of nitrogens with two attached hydrogens (primary N) is 3. The summed E-state index contributed by atoms with van der Waals surface area (Å²) in [7, 11) is 1.51. The molecular weight excluding hydrogens is 336 g/mol. The van der Waals surface area contributed by atoms with Crippen molar-refractivity contribution in [3.05, 3.63) is 34.5 Å². The van der Waals surface area contributed by atoms with Crippen LogP contribution in [0.1, 0.15) is 27.2 Å². The van der Waals surface area contributed by atoms with Crippen molar-refractivity contribution in [1.29, 1.82) is 5.41 Å². The first-order chi connectivity index (χ1) is 12.1. The number of benzene rings is 1. The zero-order chi connectivity index (χ0) is 19.8. The molecule has 1 aromatic carbocycles. The first-order valence-corrected chi connectivity index (χ1v) is 7.61. The molecule has 0 unspecified atom stereocenters. The molecular formula is C17H20N6O3. The van der Waals surface area contributed by atoms with Crippen molar-refractivity contribution in [3.63, 3.8) is 0 Å². The number of amides is 2. The zero-order valence-corrected chi connectivity index (χ0v) is 14.6. The normalized spacial score (nSPS) is 10.4. The Morgan fingerprint density at radius 2 is 1.81 bits per heavy atom. The molecule has 0 bridgehead atoms. The van der Waals surface area contributed by atoms with Gasteiger partial charge in [0, 0.05) is 12.6 Å². The van der Waals surface area contributed by atoms with E-state index in [0.29, 0.717) is 16.7 Å². The van der Waals surface area contributed by atoms with E-state index in [0.717, 1.165) is 0 Å². The van der Waals surface area contributed by atoms with Crippen molar-refractivity contribution in [1.82, 2.24) is 4.98 Å². The number of anilines is 2. The lowest BCUT2D eigenvalue weighted by Gasteiger charge is -2.21. The van der Waals surface area contributed by atoms with Gasteiger partial charge in [0.25, 0.3) is 11.8 Å². The van der Waals surface area contributed by atoms with E-state index < -0.39 is 17.5 Å². The number of aromatic nitrogens is 1. The summed E-state index contributed by atoms with van der Waals surface area (Å²) in [6, 6.07) is 3.16. The molecule has 0 radical (unpaired) electrons. The molecule has 0 atom stereocenters. The number of carbonyl (C=O) groups excluding carboxylic acids is 2. The largest absolute Gasteiger partial charge is 0.508 e. The molecule has 136 valence electrons. The highest BCUT2D eigenvalue weighted by Gasteiger charge is 2.28. The van der Waals surface area contributed by atoms with Gasteiger partial charge < -0.3 is 27.6 Å². The van der Waals surface area contributed by atoms with Crippen LogP contribution in [0, 0.1) is 19.3 Å². The van der Waals surface area contributed by atoms with Crippen LogP contribution < -0.4 is 22.5 Å². The lowest BCUT2D eigenvalue weighted by atomic mass is 9.88. The van der Waals surface area contributed by atoms with Gasteiger partial charge in [-0.25, -0.2) is 4.98 Å². The van der Waals surface area contributed by atoms with Crippen molar-refractivity contribution in [3.8, 4) is 16.9 Å². The predicted octanol–water partition coefficient (Wildman–Crippen LogP) is 0.647. The molecule has 0 aliphatic rings. The highest BCUT2D eigenvalue weighted by atomic mass is 16.3. The minimum atomic E-state index is -0.994. The van der Waals surface area contributed by atoms with Gasteiger partial charge in [0.1, 0.15) is 17.3 Å². The Morgan fingerprint density at radius 3 is 2.31 bits per heavy atom. The molecule has 0 spiro atoms. The van der Waals surface area contributed by atoms with E-state index in [9.17, 15) is 14.7 Å². The van der Waals surface area contributed by atoms with Gasteiger partial charge in [-0.05, 0) is 36.6 Å². The Kier molecular flexibility index (Phi) is 4.83. The molecule has 0 aliphatic heterocycles. The number of primary amides is 2. The molecule has 1 aromatic heterocycles. The molecule has 0 aliphatic carbocycles. The molecule has 0 saturated carbocycles. The number of nitrogen functional groups attached to an aromatic ring is 1. The highest BCUT2D eigenvalue weighted by molar-refractivity contribution is 6.46. The highest BCUT2D eigenvalue weighted by Crippen LogP contribution is 2.41. The fourth-order valence-corrected chi connectivity index (χ4v) is 2.82. The van der Waals surface area contributed by atoms with E-state index in [1.54, 1.807) is 19.9 Å². The van der Waals surface area contributed by atoms with Gasteiger partial charge in [0.05, 0.1) is 11.3 Å². The molecule has 1 heterocycles. The smallest absolute Gasteiger partial charge is 0.269 e. The monoisotopic (exact) mass is 356 g/mol. The van der Waals surface area contributed by atoms with E-state index in [1.165, 1.54) is 13.1 Å². The quantitative estimate of drug-likeness (QED) is 0.427. The van der Waals surface area contributed by atoms with Crippen molar-refractivity contribution >= 4 is 29.0 Å². The number of nitrogens with zero attached hydrogens (tertiary/aromatic N) is 1. The third kappa shape index (κ3) is 2.90. The van der Waals surface area contributed by atoms with Crippen LogP contribution in [0.5, 0.6) is 5.75 Å². The van der Waals surface area contributed by atoms with Gasteiger partial charge in [0.15, 0.2) is 5.69 Å². The van der Waals surface area contributed by atoms with Gasteiger partial charge in [-0.3, -0.25) is 15.0 Å². The van der Waals surface area contributed by atoms with Crippen LogP contribution in [0.15, 0.2) is 12.1 Å². The number of pyridine rings is 1. The minimum Gasteiger partial charge on any atom is -0.508 e. The molecule has 2 aromatic rings. The molecule has 0 saturated heterocycles. The number of phenols is 1. The van der Waals surface area contributed by atoms with Crippen molar-refractivity contribution in [2.24, 2.45) is 11.5 Å². The standard InChI is InChI=1S/C17H20N6O3/c1-6-4-5-8(24)7(2)9(6)10-11(13(19)15(20)25)17(22-3)23-14(12(10)18)16(21)26/h4-5,19,24H,18H2,1-3H3,(H2,20,25)(H2,21,26)(H,22,23). The number of aromatic hydroxyl groups is 1. The average Bonchev–Trinajstić information content (AvgIpc) is 2.58. The summed E-state index contributed by atoms with van der Waals surface area (Å²) < 4.78 is 0. The number of aryl methyl sites for hydroxylation is 1. The number of hydrogen-bond acceptors (Lipinski definition) is 7. The molecule has 9 heteroatoms. The van der Waals surface area contributed by atoms with Crippen LogP contribution in [0.3, 0.4) is 0 Å². The second-order valence-corrected chi connectivity index (χ2v) is 5.73. The zero-order valence-electron chi connectivity index (χ0n) is 14.6. The fourth-order valence-electron chi connectivity index (χ4n) is 2.82. The Morgan fingerprint density at radius 1 is 1.19 bits per heavy atom. The van der Waals surface area contributed by atoms with Crippen LogP contribution in [0.25, 0.3) is 11.1 Å². The minimum absolute atomic E-state index is 0.00926. The van der Waals surface area contributed by atoms with E-state index in [-0.39, 0.29) is 34.1 Å². The molecule has 9 nitrogen and oxygen atoms in total. The molecule has 2 rings (SSSR count). The first-order valence-electron chi connectivity index (χ1n) is 7.61. The first kappa shape index (κ1) is 18.7. The Bertz CT molecular complexity index is 952. The molecule has 26 heavy (non-hydrogen) atoms. The lowest BCUT2D eigenvalue weighted by molar-refractivity contribution is -0.112. The molecule has 9 N–H and O–H groups in total. The van der Waals surface area contributed by atoms with Gasteiger partial charge in [-0.2, -0.15) is 0 Å². The average molecular weight is 356 g/mol. The number of hydrogen-bond donors (Lipinski definition) is 6. The number of carbonyl (C=O) groups is 2. The number of phenolic OH excluding ortho intramolecular Hbond substituents is 1. The van der Waals surface area contributed by atoms with E-state index >= 15 is 0 Å². The van der Waals surface area contributed by atoms with Gasteiger partial charge in [0.2, 0.25) is 0 Å². The van der Waals surface area contributed by atoms with Crippen LogP contribution in [0.2, 0.25) is 0 Å². The second-order valence-electron chi connectivity index (χ2n) is 5.73. The lowest BCUT2D eigenvalue weighted by Crippen LogP contribution is -2.27. The van der Waals surface area contributed by atoms with E-state index in [1.807, 2.05) is 0 Å². The topological polar surface area (TPSA) is 181 Å². The number of nitrogens with one attached hydrogen (secondary N) is 2. The third-order valence-electron chi connectivity index (χ3n) is 4.10. The Balaban J connectivity index is 3.11. The van der Waals surface area contributed by atoms with Gasteiger partial charge in [-0.15, -0.1) is 0 Å². The molecule has 0 fully saturated rings. The van der Waals surface area contributed by atoms with Crippen LogP contribution >= 0.6 is 0 Å². The van der Waals surface area contributed by atoms with E-state index in [4.69, 9.17) is 22.6 Å². The predicted molar refractivity (Wildman–Crippen MR) is 99.3 cm³/mol.